The smallest absolute Gasteiger partial charge is 0.191 e. The van der Waals surface area contributed by atoms with E-state index in [1.165, 1.54) is 25.9 Å². The predicted molar refractivity (Wildman–Crippen MR) is 117 cm³/mol. The molecule has 2 heterocycles. The lowest BCUT2D eigenvalue weighted by Crippen LogP contribution is -2.48. The highest BCUT2D eigenvalue weighted by Gasteiger charge is 2.26. The Balaban J connectivity index is 0.00000338. The van der Waals surface area contributed by atoms with Crippen molar-refractivity contribution < 1.29 is 9.52 Å². The van der Waals surface area contributed by atoms with Gasteiger partial charge in [-0.2, -0.15) is 0 Å². The largest absolute Gasteiger partial charge is 0.466 e. The van der Waals surface area contributed by atoms with Crippen molar-refractivity contribution in [2.24, 2.45) is 10.9 Å². The number of aliphatic imine (C=N–C) groups is 1. The number of guanidine groups is 1. The van der Waals surface area contributed by atoms with Gasteiger partial charge in [0.1, 0.15) is 11.4 Å². The van der Waals surface area contributed by atoms with Crippen molar-refractivity contribution in [1.82, 2.24) is 15.5 Å². The van der Waals surface area contributed by atoms with Crippen LogP contribution in [0.15, 0.2) is 27.8 Å². The van der Waals surface area contributed by atoms with Gasteiger partial charge in [0, 0.05) is 25.7 Å². The Morgan fingerprint density at radius 1 is 1.50 bits per heavy atom. The standard InChI is InChI=1S/C19H34N4O2.HI/c1-5-20-18(22-14-19(4,24)17-9-7-11-25-17)21-12-16(3)23-10-6-8-15(2)13-23;/h7,9,11,15-16,24H,5-6,8,10,12-14H2,1-4H3,(H2,20,21,22);1H. The molecule has 1 aromatic rings. The van der Waals surface area contributed by atoms with Crippen LogP contribution in [0.5, 0.6) is 0 Å². The topological polar surface area (TPSA) is 73.0 Å². The van der Waals surface area contributed by atoms with Gasteiger partial charge in [-0.15, -0.1) is 24.0 Å². The summed E-state index contributed by atoms with van der Waals surface area (Å²) in [5, 5.41) is 17.2. The summed E-state index contributed by atoms with van der Waals surface area (Å²) in [6, 6.07) is 4.01. The molecule has 1 saturated heterocycles. The third-order valence-electron chi connectivity index (χ3n) is 4.82. The minimum atomic E-state index is -1.11. The highest BCUT2D eigenvalue weighted by Crippen LogP contribution is 2.21. The number of hydrogen-bond donors (Lipinski definition) is 3. The lowest BCUT2D eigenvalue weighted by atomic mass is 9.99. The van der Waals surface area contributed by atoms with Crippen molar-refractivity contribution in [2.45, 2.75) is 52.2 Å². The summed E-state index contributed by atoms with van der Waals surface area (Å²) in [5.74, 6) is 2.04. The van der Waals surface area contributed by atoms with Crippen LogP contribution >= 0.6 is 24.0 Å². The molecule has 0 radical (unpaired) electrons. The van der Waals surface area contributed by atoms with Crippen LogP contribution in [0.1, 0.15) is 46.3 Å². The molecule has 0 aromatic carbocycles. The number of rotatable bonds is 7. The summed E-state index contributed by atoms with van der Waals surface area (Å²) in [7, 11) is 0. The quantitative estimate of drug-likeness (QED) is 0.320. The third-order valence-corrected chi connectivity index (χ3v) is 4.82. The summed E-state index contributed by atoms with van der Waals surface area (Å²) in [6.07, 6.45) is 4.19. The molecule has 0 amide bonds. The number of nitrogens with one attached hydrogen (secondary N) is 2. The van der Waals surface area contributed by atoms with Crippen molar-refractivity contribution in [3.05, 3.63) is 24.2 Å². The second-order valence-electron chi connectivity index (χ2n) is 7.42. The maximum Gasteiger partial charge on any atom is 0.191 e. The first-order chi connectivity index (χ1) is 11.9. The van der Waals surface area contributed by atoms with Crippen molar-refractivity contribution in [3.63, 3.8) is 0 Å². The van der Waals surface area contributed by atoms with Gasteiger partial charge in [0.05, 0.1) is 12.8 Å². The first-order valence-corrected chi connectivity index (χ1v) is 9.45. The Hall–Kier alpha value is -0.800. The number of hydrogen-bond acceptors (Lipinski definition) is 4. The van der Waals surface area contributed by atoms with E-state index in [0.717, 1.165) is 25.0 Å². The van der Waals surface area contributed by atoms with Crippen LogP contribution in [0.3, 0.4) is 0 Å². The first-order valence-electron chi connectivity index (χ1n) is 9.45. The predicted octanol–water partition coefficient (Wildman–Crippen LogP) is 2.78. The van der Waals surface area contributed by atoms with E-state index >= 15 is 0 Å². The minimum Gasteiger partial charge on any atom is -0.466 e. The lowest BCUT2D eigenvalue weighted by Gasteiger charge is -2.35. The van der Waals surface area contributed by atoms with Crippen LogP contribution in [0.25, 0.3) is 0 Å². The molecular weight excluding hydrogens is 443 g/mol. The number of aliphatic hydroxyl groups is 1. The van der Waals surface area contributed by atoms with Gasteiger partial charge in [0.25, 0.3) is 0 Å². The van der Waals surface area contributed by atoms with Gasteiger partial charge in [0.2, 0.25) is 0 Å². The van der Waals surface area contributed by atoms with Crippen LogP contribution in [0, 0.1) is 5.92 Å². The van der Waals surface area contributed by atoms with Gasteiger partial charge in [-0.3, -0.25) is 4.90 Å². The van der Waals surface area contributed by atoms with E-state index in [-0.39, 0.29) is 30.5 Å². The van der Waals surface area contributed by atoms with Gasteiger partial charge in [0.15, 0.2) is 5.96 Å². The van der Waals surface area contributed by atoms with Gasteiger partial charge in [-0.05, 0) is 58.2 Å². The Morgan fingerprint density at radius 3 is 2.88 bits per heavy atom. The number of piperidine rings is 1. The monoisotopic (exact) mass is 478 g/mol. The van der Waals surface area contributed by atoms with Crippen LogP contribution < -0.4 is 10.6 Å². The Morgan fingerprint density at radius 2 is 2.27 bits per heavy atom. The molecule has 1 aromatic heterocycles. The second kappa shape index (κ2) is 11.1. The molecule has 7 heteroatoms. The molecule has 0 saturated carbocycles. The molecule has 6 nitrogen and oxygen atoms in total. The van der Waals surface area contributed by atoms with Crippen molar-refractivity contribution in [3.8, 4) is 0 Å². The van der Waals surface area contributed by atoms with Crippen LogP contribution in [-0.4, -0.2) is 54.7 Å². The van der Waals surface area contributed by atoms with Crippen LogP contribution in [-0.2, 0) is 5.60 Å². The maximum absolute atomic E-state index is 10.5. The van der Waals surface area contributed by atoms with E-state index in [1.54, 1.807) is 25.3 Å². The number of halogens is 1. The zero-order chi connectivity index (χ0) is 18.3. The molecule has 3 N–H and O–H groups in total. The molecule has 1 aliphatic heterocycles. The fraction of sp³-hybridized carbons (Fsp3) is 0.737. The van der Waals surface area contributed by atoms with E-state index in [1.807, 2.05) is 6.92 Å². The number of nitrogens with zero attached hydrogens (tertiary/aromatic N) is 2. The van der Waals surface area contributed by atoms with Crippen molar-refractivity contribution in [1.29, 1.82) is 0 Å². The van der Waals surface area contributed by atoms with Crippen LogP contribution in [0.4, 0.5) is 0 Å². The number of furan rings is 1. The normalized spacial score (nSPS) is 22.2. The first kappa shape index (κ1) is 23.2. The SMILES string of the molecule is CCNC(=NCC(C)(O)c1ccco1)NCC(C)N1CCCC(C)C1.I. The van der Waals surface area contributed by atoms with Crippen molar-refractivity contribution in [2.75, 3.05) is 32.7 Å². The molecule has 150 valence electrons. The summed E-state index contributed by atoms with van der Waals surface area (Å²) in [6.45, 7) is 12.5. The number of likely N-dealkylation sites (tertiary alicyclic amines) is 1. The Labute approximate surface area is 174 Å². The maximum atomic E-state index is 10.5. The average Bonchev–Trinajstić information content (AvgIpc) is 3.12. The third kappa shape index (κ3) is 7.08. The molecule has 0 bridgehead atoms. The summed E-state index contributed by atoms with van der Waals surface area (Å²) < 4.78 is 5.31. The fourth-order valence-electron chi connectivity index (χ4n) is 3.24. The molecule has 0 aliphatic carbocycles. The zero-order valence-electron chi connectivity index (χ0n) is 16.5. The molecule has 3 unspecified atom stereocenters. The molecule has 2 rings (SSSR count). The van der Waals surface area contributed by atoms with E-state index in [4.69, 9.17) is 4.42 Å². The summed E-state index contributed by atoms with van der Waals surface area (Å²) in [5.41, 5.74) is -1.11. The highest BCUT2D eigenvalue weighted by atomic mass is 127. The second-order valence-corrected chi connectivity index (χ2v) is 7.42. The average molecular weight is 478 g/mol. The molecule has 1 fully saturated rings. The Kier molecular flexibility index (Phi) is 9.95. The molecular formula is C19H35IN4O2. The zero-order valence-corrected chi connectivity index (χ0v) is 18.8. The minimum absolute atomic E-state index is 0. The molecule has 0 spiro atoms. The van der Waals surface area contributed by atoms with Crippen molar-refractivity contribution >= 4 is 29.9 Å². The van der Waals surface area contributed by atoms with E-state index in [2.05, 4.69) is 34.4 Å². The molecule has 26 heavy (non-hydrogen) atoms. The van der Waals surface area contributed by atoms with Crippen LogP contribution in [0.2, 0.25) is 0 Å². The lowest BCUT2D eigenvalue weighted by molar-refractivity contribution is 0.0436. The summed E-state index contributed by atoms with van der Waals surface area (Å²) in [4.78, 5) is 7.08. The summed E-state index contributed by atoms with van der Waals surface area (Å²) >= 11 is 0. The fourth-order valence-corrected chi connectivity index (χ4v) is 3.24. The molecule has 1 aliphatic rings. The van der Waals surface area contributed by atoms with Gasteiger partial charge >= 0.3 is 0 Å². The van der Waals surface area contributed by atoms with E-state index in [0.29, 0.717) is 11.8 Å². The molecule has 3 atom stereocenters. The van der Waals surface area contributed by atoms with Gasteiger partial charge in [-0.25, -0.2) is 4.99 Å². The van der Waals surface area contributed by atoms with Gasteiger partial charge in [-0.1, -0.05) is 6.92 Å². The van der Waals surface area contributed by atoms with E-state index < -0.39 is 5.60 Å². The van der Waals surface area contributed by atoms with Gasteiger partial charge < -0.3 is 20.2 Å². The highest BCUT2D eigenvalue weighted by molar-refractivity contribution is 14.0. The Bertz CT molecular complexity index is 534. The van der Waals surface area contributed by atoms with E-state index in [9.17, 15) is 5.11 Å².